The molecule has 4 nitrogen and oxygen atoms in total. The summed E-state index contributed by atoms with van der Waals surface area (Å²) in [6, 6.07) is 5.22. The van der Waals surface area contributed by atoms with Crippen LogP contribution in [0.2, 0.25) is 0 Å². The number of rotatable bonds is 2. The summed E-state index contributed by atoms with van der Waals surface area (Å²) in [5.41, 5.74) is 4.57. The highest BCUT2D eigenvalue weighted by molar-refractivity contribution is 5.55. The fourth-order valence-corrected chi connectivity index (χ4v) is 2.25. The van der Waals surface area contributed by atoms with E-state index < -0.39 is 11.7 Å². The Kier molecular flexibility index (Phi) is 3.88. The van der Waals surface area contributed by atoms with Crippen molar-refractivity contribution in [1.29, 1.82) is 5.26 Å². The number of alkyl halides is 3. The van der Waals surface area contributed by atoms with Crippen LogP contribution in [0.5, 0.6) is 0 Å². The van der Waals surface area contributed by atoms with Crippen LogP contribution < -0.4 is 10.6 Å². The Hall–Kier alpha value is -1.78. The van der Waals surface area contributed by atoms with Gasteiger partial charge in [0.05, 0.1) is 23.3 Å². The molecule has 1 heterocycles. The summed E-state index contributed by atoms with van der Waals surface area (Å²) in [4.78, 5) is 1.70. The summed E-state index contributed by atoms with van der Waals surface area (Å²) in [6.45, 7) is 2.49. The van der Waals surface area contributed by atoms with Crippen molar-refractivity contribution >= 4 is 5.69 Å². The molecule has 7 heteroatoms. The predicted octanol–water partition coefficient (Wildman–Crippen LogP) is 2.09. The van der Waals surface area contributed by atoms with Crippen molar-refractivity contribution in [2.24, 2.45) is 5.73 Å². The minimum Gasteiger partial charge on any atom is -0.352 e. The zero-order valence-corrected chi connectivity index (χ0v) is 10.8. The lowest BCUT2D eigenvalue weighted by molar-refractivity contribution is -0.137. The molecule has 2 atom stereocenters. The molecule has 0 aromatic heterocycles. The van der Waals surface area contributed by atoms with Crippen molar-refractivity contribution in [3.8, 4) is 6.07 Å². The average Bonchev–Trinajstić information content (AvgIpc) is 2.78. The number of ether oxygens (including phenoxy) is 1. The Morgan fingerprint density at radius 2 is 2.20 bits per heavy atom. The van der Waals surface area contributed by atoms with Gasteiger partial charge >= 0.3 is 6.18 Å². The molecule has 0 radical (unpaired) electrons. The van der Waals surface area contributed by atoms with E-state index in [4.69, 9.17) is 15.7 Å². The van der Waals surface area contributed by atoms with Crippen LogP contribution in [0.25, 0.3) is 0 Å². The lowest BCUT2D eigenvalue weighted by atomic mass is 10.1. The molecule has 1 saturated heterocycles. The highest BCUT2D eigenvalue weighted by Gasteiger charge is 2.36. The summed E-state index contributed by atoms with van der Waals surface area (Å²) in [7, 11) is 0. The molecular weight excluding hydrogens is 271 g/mol. The molecule has 1 aromatic carbocycles. The highest BCUT2D eigenvalue weighted by atomic mass is 19.4. The van der Waals surface area contributed by atoms with Crippen molar-refractivity contribution < 1.29 is 17.9 Å². The van der Waals surface area contributed by atoms with Gasteiger partial charge in [-0.1, -0.05) is 0 Å². The summed E-state index contributed by atoms with van der Waals surface area (Å²) in [5.74, 6) is 0. The quantitative estimate of drug-likeness (QED) is 0.903. The van der Waals surface area contributed by atoms with Gasteiger partial charge < -0.3 is 15.4 Å². The first-order valence-corrected chi connectivity index (χ1v) is 6.10. The fraction of sp³-hybridized carbons (Fsp3) is 0.462. The monoisotopic (exact) mass is 285 g/mol. The Labute approximate surface area is 114 Å². The van der Waals surface area contributed by atoms with Gasteiger partial charge in [0.1, 0.15) is 6.23 Å². The Morgan fingerprint density at radius 1 is 1.50 bits per heavy atom. The van der Waals surface area contributed by atoms with Crippen LogP contribution in [0.4, 0.5) is 18.9 Å². The topological polar surface area (TPSA) is 62.3 Å². The number of benzene rings is 1. The third-order valence-electron chi connectivity index (χ3n) is 3.25. The molecule has 0 bridgehead atoms. The van der Waals surface area contributed by atoms with Gasteiger partial charge in [0, 0.05) is 18.8 Å². The maximum Gasteiger partial charge on any atom is 0.417 e. The van der Waals surface area contributed by atoms with Crippen molar-refractivity contribution in [3.05, 3.63) is 29.3 Å². The van der Waals surface area contributed by atoms with Gasteiger partial charge in [-0.25, -0.2) is 0 Å². The lowest BCUT2D eigenvalue weighted by Gasteiger charge is -2.23. The average molecular weight is 285 g/mol. The third-order valence-corrected chi connectivity index (χ3v) is 3.25. The molecule has 0 saturated carbocycles. The molecule has 1 fully saturated rings. The van der Waals surface area contributed by atoms with Crippen LogP contribution >= 0.6 is 0 Å². The zero-order valence-electron chi connectivity index (χ0n) is 10.8. The van der Waals surface area contributed by atoms with Gasteiger partial charge in [0.2, 0.25) is 0 Å². The SMILES string of the molecule is C[C@H]1O[C@H](CN)CN1c1ccc(C#N)c(C(F)(F)F)c1. The largest absolute Gasteiger partial charge is 0.417 e. The highest BCUT2D eigenvalue weighted by Crippen LogP contribution is 2.35. The second-order valence-corrected chi connectivity index (χ2v) is 4.58. The second-order valence-electron chi connectivity index (χ2n) is 4.58. The maximum absolute atomic E-state index is 12.9. The van der Waals surface area contributed by atoms with Crippen LogP contribution in [-0.4, -0.2) is 25.4 Å². The number of nitriles is 1. The predicted molar refractivity (Wildman–Crippen MR) is 66.9 cm³/mol. The number of nitrogens with zero attached hydrogens (tertiary/aromatic N) is 2. The van der Waals surface area contributed by atoms with E-state index in [0.717, 1.165) is 6.07 Å². The normalized spacial score (nSPS) is 22.9. The smallest absolute Gasteiger partial charge is 0.352 e. The van der Waals surface area contributed by atoms with E-state index >= 15 is 0 Å². The molecular formula is C13H14F3N3O. The van der Waals surface area contributed by atoms with Gasteiger partial charge in [0.25, 0.3) is 0 Å². The molecule has 20 heavy (non-hydrogen) atoms. The third kappa shape index (κ3) is 2.71. The minimum absolute atomic E-state index is 0.199. The Morgan fingerprint density at radius 3 is 2.70 bits per heavy atom. The molecule has 0 spiro atoms. The summed E-state index contributed by atoms with van der Waals surface area (Å²) < 4.78 is 44.3. The standard InChI is InChI=1S/C13H14F3N3O/c1-8-19(7-11(6-18)20-8)10-3-2-9(5-17)12(4-10)13(14,15)16/h2-4,8,11H,6-7,18H2,1H3/t8-,11-/m1/s1. The fourth-order valence-electron chi connectivity index (χ4n) is 2.25. The molecule has 1 aromatic rings. The van der Waals surface area contributed by atoms with E-state index in [2.05, 4.69) is 0 Å². The van der Waals surface area contributed by atoms with Gasteiger partial charge in [-0.15, -0.1) is 0 Å². The van der Waals surface area contributed by atoms with E-state index in [1.54, 1.807) is 17.9 Å². The van der Waals surface area contributed by atoms with E-state index in [1.165, 1.54) is 12.1 Å². The van der Waals surface area contributed by atoms with Crippen molar-refractivity contribution in [3.63, 3.8) is 0 Å². The number of hydrogen-bond donors (Lipinski definition) is 1. The van der Waals surface area contributed by atoms with Crippen LogP contribution in [-0.2, 0) is 10.9 Å². The van der Waals surface area contributed by atoms with Crippen molar-refractivity contribution in [2.75, 3.05) is 18.0 Å². The first kappa shape index (κ1) is 14.6. The molecule has 2 N–H and O–H groups in total. The van der Waals surface area contributed by atoms with Gasteiger partial charge in [-0.05, 0) is 25.1 Å². The Balaban J connectivity index is 2.38. The van der Waals surface area contributed by atoms with Crippen molar-refractivity contribution in [1.82, 2.24) is 0 Å². The maximum atomic E-state index is 12.9. The van der Waals surface area contributed by atoms with Crippen LogP contribution in [0.15, 0.2) is 18.2 Å². The van der Waals surface area contributed by atoms with E-state index in [9.17, 15) is 13.2 Å². The molecule has 1 aliphatic heterocycles. The molecule has 1 aliphatic rings. The molecule has 2 rings (SSSR count). The number of nitrogens with two attached hydrogens (primary N) is 1. The number of halogens is 3. The van der Waals surface area contributed by atoms with Gasteiger partial charge in [-0.3, -0.25) is 0 Å². The second kappa shape index (κ2) is 5.31. The molecule has 0 aliphatic carbocycles. The van der Waals surface area contributed by atoms with E-state index in [1.807, 2.05) is 0 Å². The van der Waals surface area contributed by atoms with Gasteiger partial charge in [-0.2, -0.15) is 18.4 Å². The van der Waals surface area contributed by atoms with Crippen molar-refractivity contribution in [2.45, 2.75) is 25.4 Å². The minimum atomic E-state index is -4.56. The lowest BCUT2D eigenvalue weighted by Crippen LogP contribution is -2.29. The van der Waals surface area contributed by atoms with Gasteiger partial charge in [0.15, 0.2) is 0 Å². The number of hydrogen-bond acceptors (Lipinski definition) is 4. The molecule has 0 unspecified atom stereocenters. The van der Waals surface area contributed by atoms with E-state index in [-0.39, 0.29) is 17.9 Å². The molecule has 0 amide bonds. The van der Waals surface area contributed by atoms with Crippen LogP contribution in [0, 0.1) is 11.3 Å². The zero-order chi connectivity index (χ0) is 14.9. The first-order chi connectivity index (χ1) is 9.36. The summed E-state index contributed by atoms with van der Waals surface area (Å²) in [5, 5.41) is 8.77. The Bertz CT molecular complexity index is 539. The summed E-state index contributed by atoms with van der Waals surface area (Å²) >= 11 is 0. The van der Waals surface area contributed by atoms with E-state index in [0.29, 0.717) is 18.8 Å². The summed E-state index contributed by atoms with van der Waals surface area (Å²) in [6.07, 6.45) is -5.11. The van der Waals surface area contributed by atoms with Crippen LogP contribution in [0.1, 0.15) is 18.1 Å². The molecule has 108 valence electrons. The number of anilines is 1. The first-order valence-electron chi connectivity index (χ1n) is 6.10. The van der Waals surface area contributed by atoms with Crippen LogP contribution in [0.3, 0.4) is 0 Å².